The molecule has 1 aromatic heterocycles. The van der Waals surface area contributed by atoms with Crippen LogP contribution in [0, 0.1) is 6.92 Å². The van der Waals surface area contributed by atoms with Crippen LogP contribution in [0.1, 0.15) is 16.8 Å². The van der Waals surface area contributed by atoms with E-state index >= 15 is 0 Å². The quantitative estimate of drug-likeness (QED) is 0.882. The second-order valence-corrected chi connectivity index (χ2v) is 5.18. The van der Waals surface area contributed by atoms with Gasteiger partial charge in [-0.05, 0) is 44.0 Å². The Morgan fingerprint density at radius 1 is 1.13 bits per heavy atom. The summed E-state index contributed by atoms with van der Waals surface area (Å²) in [5.41, 5.74) is 4.53. The fraction of sp³-hybridized carbons (Fsp3) is 0.222. The number of aromatic nitrogens is 1. The minimum Gasteiger partial charge on any atom is -0.486 e. The van der Waals surface area contributed by atoms with Crippen LogP contribution in [-0.2, 0) is 0 Å². The molecule has 2 heterocycles. The summed E-state index contributed by atoms with van der Waals surface area (Å²) in [7, 11) is 1.87. The third-order valence-electron chi connectivity index (χ3n) is 3.65. The van der Waals surface area contributed by atoms with Gasteiger partial charge in [0.15, 0.2) is 11.5 Å². The number of hydrogen-bond donors (Lipinski definition) is 1. The zero-order chi connectivity index (χ0) is 16.2. The van der Waals surface area contributed by atoms with Crippen LogP contribution in [-0.4, -0.2) is 32.0 Å². The van der Waals surface area contributed by atoms with E-state index in [0.717, 1.165) is 39.7 Å². The Labute approximate surface area is 135 Å². The van der Waals surface area contributed by atoms with Gasteiger partial charge in [0.1, 0.15) is 13.2 Å². The van der Waals surface area contributed by atoms with Crippen molar-refractivity contribution in [2.45, 2.75) is 6.92 Å². The molecule has 0 saturated heterocycles. The van der Waals surface area contributed by atoms with E-state index in [2.05, 4.69) is 22.0 Å². The van der Waals surface area contributed by atoms with Gasteiger partial charge < -0.3 is 14.8 Å². The lowest BCUT2D eigenvalue weighted by molar-refractivity contribution is 0.171. The maximum Gasteiger partial charge on any atom is 0.162 e. The Hall–Kier alpha value is -2.82. The van der Waals surface area contributed by atoms with Gasteiger partial charge in [-0.1, -0.05) is 0 Å². The molecule has 0 unspecified atom stereocenters. The number of hydrogen-bond acceptors (Lipinski definition) is 5. The topological polar surface area (TPSA) is 55.7 Å². The van der Waals surface area contributed by atoms with E-state index in [1.807, 2.05) is 44.3 Å². The molecule has 118 valence electrons. The first-order valence-corrected chi connectivity index (χ1v) is 7.44. The van der Waals surface area contributed by atoms with Crippen LogP contribution in [0.3, 0.4) is 0 Å². The van der Waals surface area contributed by atoms with Crippen molar-refractivity contribution in [1.29, 1.82) is 0 Å². The van der Waals surface area contributed by atoms with Crippen LogP contribution < -0.4 is 14.8 Å². The van der Waals surface area contributed by atoms with E-state index in [-0.39, 0.29) is 0 Å². The largest absolute Gasteiger partial charge is 0.486 e. The van der Waals surface area contributed by atoms with Crippen LogP contribution in [0.5, 0.6) is 11.5 Å². The van der Waals surface area contributed by atoms with Crippen molar-refractivity contribution >= 4 is 18.1 Å². The maximum absolute atomic E-state index is 5.66. The molecule has 0 radical (unpaired) electrons. The molecule has 0 saturated carbocycles. The SMILES string of the molecule is C=N/C(=C(\NC)c1ccnc(C)c1)c1ccc2c(c1)OCCO2. The summed E-state index contributed by atoms with van der Waals surface area (Å²) >= 11 is 0. The molecule has 3 rings (SSSR count). The Bertz CT molecular complexity index is 769. The van der Waals surface area contributed by atoms with Gasteiger partial charge in [-0.3, -0.25) is 9.98 Å². The highest BCUT2D eigenvalue weighted by Gasteiger charge is 2.15. The van der Waals surface area contributed by atoms with E-state index in [4.69, 9.17) is 9.47 Å². The second-order valence-electron chi connectivity index (χ2n) is 5.18. The molecule has 1 aromatic carbocycles. The van der Waals surface area contributed by atoms with Crippen molar-refractivity contribution in [3.05, 3.63) is 53.3 Å². The van der Waals surface area contributed by atoms with E-state index in [0.29, 0.717) is 13.2 Å². The predicted molar refractivity (Wildman–Crippen MR) is 91.8 cm³/mol. The molecule has 1 N–H and O–H groups in total. The third-order valence-corrected chi connectivity index (χ3v) is 3.65. The average molecular weight is 309 g/mol. The van der Waals surface area contributed by atoms with Crippen molar-refractivity contribution in [2.75, 3.05) is 20.3 Å². The highest BCUT2D eigenvalue weighted by molar-refractivity contribution is 5.91. The molecule has 23 heavy (non-hydrogen) atoms. The van der Waals surface area contributed by atoms with Crippen LogP contribution in [0.4, 0.5) is 0 Å². The van der Waals surface area contributed by atoms with E-state index in [9.17, 15) is 0 Å². The summed E-state index contributed by atoms with van der Waals surface area (Å²) in [6.07, 6.45) is 1.78. The second kappa shape index (κ2) is 6.52. The zero-order valence-electron chi connectivity index (χ0n) is 13.3. The van der Waals surface area contributed by atoms with Crippen LogP contribution in [0.15, 0.2) is 41.5 Å². The van der Waals surface area contributed by atoms with Gasteiger partial charge >= 0.3 is 0 Å². The number of aryl methyl sites for hydroxylation is 1. The molecule has 1 aliphatic rings. The summed E-state index contributed by atoms with van der Waals surface area (Å²) in [6.45, 7) is 6.82. The summed E-state index contributed by atoms with van der Waals surface area (Å²) in [4.78, 5) is 8.47. The third kappa shape index (κ3) is 3.04. The lowest BCUT2D eigenvalue weighted by atomic mass is 10.0. The van der Waals surface area contributed by atoms with Gasteiger partial charge in [0.25, 0.3) is 0 Å². The average Bonchev–Trinajstić information content (AvgIpc) is 2.59. The number of ether oxygens (including phenoxy) is 2. The standard InChI is InChI=1S/C18H19N3O2/c1-12-10-14(6-7-21-12)18(20-3)17(19-2)13-4-5-15-16(11-13)23-9-8-22-15/h4-7,10-11,20H,2,8-9H2,1,3H3/b18-17-. The van der Waals surface area contributed by atoms with E-state index < -0.39 is 0 Å². The van der Waals surface area contributed by atoms with Crippen LogP contribution in [0.2, 0.25) is 0 Å². The van der Waals surface area contributed by atoms with Gasteiger partial charge in [0.2, 0.25) is 0 Å². The van der Waals surface area contributed by atoms with Crippen LogP contribution >= 0.6 is 0 Å². The molecule has 5 heteroatoms. The Morgan fingerprint density at radius 3 is 2.61 bits per heavy atom. The number of aliphatic imine (C=N–C) groups is 1. The van der Waals surface area contributed by atoms with Gasteiger partial charge in [0, 0.05) is 30.1 Å². The van der Waals surface area contributed by atoms with Gasteiger partial charge in [-0.2, -0.15) is 0 Å². The fourth-order valence-electron chi connectivity index (χ4n) is 2.61. The number of pyridine rings is 1. The van der Waals surface area contributed by atoms with Gasteiger partial charge in [-0.25, -0.2) is 0 Å². The van der Waals surface area contributed by atoms with Crippen LogP contribution in [0.25, 0.3) is 11.4 Å². The molecular formula is C18H19N3O2. The zero-order valence-corrected chi connectivity index (χ0v) is 13.3. The maximum atomic E-state index is 5.66. The number of nitrogens with zero attached hydrogens (tertiary/aromatic N) is 2. The highest BCUT2D eigenvalue weighted by Crippen LogP contribution is 2.35. The van der Waals surface area contributed by atoms with Crippen molar-refractivity contribution in [3.8, 4) is 11.5 Å². The molecule has 0 aliphatic carbocycles. The first kappa shape index (κ1) is 15.1. The molecule has 0 spiro atoms. The normalized spacial score (nSPS) is 14.0. The minimum absolute atomic E-state index is 0.555. The van der Waals surface area contributed by atoms with E-state index in [1.54, 1.807) is 6.20 Å². The lowest BCUT2D eigenvalue weighted by Crippen LogP contribution is -2.15. The molecule has 0 fully saturated rings. The number of nitrogens with one attached hydrogen (secondary N) is 1. The summed E-state index contributed by atoms with van der Waals surface area (Å²) in [6, 6.07) is 9.75. The number of benzene rings is 1. The fourth-order valence-corrected chi connectivity index (χ4v) is 2.61. The lowest BCUT2D eigenvalue weighted by Gasteiger charge is -2.19. The first-order valence-electron chi connectivity index (χ1n) is 7.44. The smallest absolute Gasteiger partial charge is 0.162 e. The number of rotatable bonds is 4. The minimum atomic E-state index is 0.555. The molecule has 0 amide bonds. The Morgan fingerprint density at radius 2 is 1.91 bits per heavy atom. The van der Waals surface area contributed by atoms with Crippen molar-refractivity contribution in [3.63, 3.8) is 0 Å². The highest BCUT2D eigenvalue weighted by atomic mass is 16.6. The summed E-state index contributed by atoms with van der Waals surface area (Å²) in [5.74, 6) is 1.49. The van der Waals surface area contributed by atoms with Gasteiger partial charge in [0.05, 0.1) is 11.4 Å². The van der Waals surface area contributed by atoms with Crippen molar-refractivity contribution in [1.82, 2.24) is 10.3 Å². The molecule has 0 atom stereocenters. The molecule has 2 aromatic rings. The monoisotopic (exact) mass is 309 g/mol. The summed E-state index contributed by atoms with van der Waals surface area (Å²) in [5, 5.41) is 3.22. The Balaban J connectivity index is 2.11. The molecule has 1 aliphatic heterocycles. The molecule has 5 nitrogen and oxygen atoms in total. The Kier molecular flexibility index (Phi) is 4.28. The molecule has 0 bridgehead atoms. The van der Waals surface area contributed by atoms with Crippen molar-refractivity contribution < 1.29 is 9.47 Å². The van der Waals surface area contributed by atoms with Crippen molar-refractivity contribution in [2.24, 2.45) is 4.99 Å². The van der Waals surface area contributed by atoms with Gasteiger partial charge in [-0.15, -0.1) is 0 Å². The molecular weight excluding hydrogens is 290 g/mol. The first-order chi connectivity index (χ1) is 11.2. The predicted octanol–water partition coefficient (Wildman–Crippen LogP) is 2.91. The summed E-state index contributed by atoms with van der Waals surface area (Å²) < 4.78 is 11.2. The van der Waals surface area contributed by atoms with E-state index in [1.165, 1.54) is 0 Å². The number of fused-ring (bicyclic) bond motifs is 1.